The van der Waals surface area contributed by atoms with E-state index in [4.69, 9.17) is 0 Å². The fraction of sp³-hybridized carbons (Fsp3) is 0.167. The number of nitrogens with zero attached hydrogens (tertiary/aromatic N) is 3. The van der Waals surface area contributed by atoms with Crippen molar-refractivity contribution >= 4 is 28.2 Å². The Bertz CT molecular complexity index is 1160. The van der Waals surface area contributed by atoms with Crippen LogP contribution < -0.4 is 4.90 Å². The van der Waals surface area contributed by atoms with Gasteiger partial charge in [0.1, 0.15) is 0 Å². The molecule has 1 aliphatic heterocycles. The molecule has 0 radical (unpaired) electrons. The first kappa shape index (κ1) is 16.8. The maximum absolute atomic E-state index is 13.3. The number of aromatic nitrogens is 2. The summed E-state index contributed by atoms with van der Waals surface area (Å²) in [6.45, 7) is 0. The molecule has 4 aromatic rings. The molecule has 0 fully saturated rings. The van der Waals surface area contributed by atoms with Crippen molar-refractivity contribution < 1.29 is 4.79 Å². The Hall–Kier alpha value is -3.40. The molecule has 1 aliphatic rings. The van der Waals surface area contributed by atoms with Gasteiger partial charge in [0.15, 0.2) is 11.6 Å². The molecule has 2 heterocycles. The molecule has 1 aromatic heterocycles. The van der Waals surface area contributed by atoms with Crippen molar-refractivity contribution in [1.82, 2.24) is 9.55 Å². The molecular weight excluding hydrogens is 346 g/mol. The minimum atomic E-state index is 0.0240. The molecule has 0 saturated carbocycles. The lowest BCUT2D eigenvalue weighted by Gasteiger charge is -2.35. The fourth-order valence-corrected chi connectivity index (χ4v) is 4.36. The van der Waals surface area contributed by atoms with Crippen molar-refractivity contribution in [1.29, 1.82) is 0 Å². The van der Waals surface area contributed by atoms with E-state index in [1.165, 1.54) is 11.1 Å². The molecule has 0 saturated heterocycles. The third-order valence-corrected chi connectivity index (χ3v) is 5.77. The zero-order valence-electron chi connectivity index (χ0n) is 16.0. The zero-order valence-corrected chi connectivity index (χ0v) is 16.0. The first-order valence-electron chi connectivity index (χ1n) is 9.51. The van der Waals surface area contributed by atoms with Crippen LogP contribution in [0.1, 0.15) is 34.1 Å². The molecule has 4 nitrogen and oxygen atoms in total. The van der Waals surface area contributed by atoms with E-state index in [-0.39, 0.29) is 11.7 Å². The van der Waals surface area contributed by atoms with Crippen LogP contribution in [0.25, 0.3) is 11.0 Å². The number of imidazole rings is 1. The quantitative estimate of drug-likeness (QED) is 0.475. The summed E-state index contributed by atoms with van der Waals surface area (Å²) in [6.07, 6.45) is 0.402. The highest BCUT2D eigenvalue weighted by Gasteiger charge is 2.31. The second kappa shape index (κ2) is 6.34. The number of ketones is 1. The van der Waals surface area contributed by atoms with Crippen LogP contribution in [0.3, 0.4) is 0 Å². The van der Waals surface area contributed by atoms with Gasteiger partial charge >= 0.3 is 0 Å². The van der Waals surface area contributed by atoms with Crippen LogP contribution in [0.4, 0.5) is 11.4 Å². The van der Waals surface area contributed by atoms with Gasteiger partial charge < -0.3 is 9.47 Å². The van der Waals surface area contributed by atoms with E-state index in [2.05, 4.69) is 41.2 Å². The SMILES string of the molecule is CN1c2ccccc2C(CC(=O)c2nc3ccccc3n2C)c2ccccc21. The summed E-state index contributed by atoms with van der Waals surface area (Å²) in [7, 11) is 4.00. The van der Waals surface area contributed by atoms with Crippen LogP contribution in [0.5, 0.6) is 0 Å². The summed E-state index contributed by atoms with van der Waals surface area (Å²) in [5.74, 6) is 0.615. The molecule has 0 N–H and O–H groups in total. The maximum atomic E-state index is 13.3. The molecule has 0 spiro atoms. The highest BCUT2D eigenvalue weighted by Crippen LogP contribution is 2.46. The topological polar surface area (TPSA) is 38.1 Å². The van der Waals surface area contributed by atoms with Gasteiger partial charge in [-0.15, -0.1) is 0 Å². The number of rotatable bonds is 3. The van der Waals surface area contributed by atoms with Crippen LogP contribution in [0, 0.1) is 0 Å². The second-order valence-corrected chi connectivity index (χ2v) is 7.34. The number of aryl methyl sites for hydroxylation is 1. The first-order valence-corrected chi connectivity index (χ1v) is 9.51. The smallest absolute Gasteiger partial charge is 0.199 e. The number of carbonyl (C=O) groups excluding carboxylic acids is 1. The summed E-state index contributed by atoms with van der Waals surface area (Å²) in [4.78, 5) is 20.1. The summed E-state index contributed by atoms with van der Waals surface area (Å²) in [5.41, 5.74) is 6.53. The van der Waals surface area contributed by atoms with E-state index in [1.54, 1.807) is 0 Å². The van der Waals surface area contributed by atoms with Gasteiger partial charge in [0.05, 0.1) is 11.0 Å². The lowest BCUT2D eigenvalue weighted by molar-refractivity contribution is 0.0965. The number of hydrogen-bond donors (Lipinski definition) is 0. The molecule has 0 aliphatic carbocycles. The molecular formula is C24H21N3O. The number of anilines is 2. The van der Waals surface area contributed by atoms with Crippen molar-refractivity contribution in [2.45, 2.75) is 12.3 Å². The molecule has 0 amide bonds. The predicted octanol–water partition coefficient (Wildman–Crippen LogP) is 5.06. The summed E-state index contributed by atoms with van der Waals surface area (Å²) >= 11 is 0. The molecule has 138 valence electrons. The Morgan fingerprint density at radius 1 is 0.857 bits per heavy atom. The van der Waals surface area contributed by atoms with Gasteiger partial charge in [-0.3, -0.25) is 4.79 Å². The van der Waals surface area contributed by atoms with Gasteiger partial charge in [-0.25, -0.2) is 4.98 Å². The Morgan fingerprint density at radius 3 is 2.07 bits per heavy atom. The van der Waals surface area contributed by atoms with E-state index in [0.29, 0.717) is 12.2 Å². The average molecular weight is 367 g/mol. The number of fused-ring (bicyclic) bond motifs is 3. The van der Waals surface area contributed by atoms with Crippen molar-refractivity contribution in [2.75, 3.05) is 11.9 Å². The maximum Gasteiger partial charge on any atom is 0.199 e. The summed E-state index contributed by atoms with van der Waals surface area (Å²) < 4.78 is 1.91. The Morgan fingerprint density at radius 2 is 1.43 bits per heavy atom. The van der Waals surface area contributed by atoms with E-state index in [1.807, 2.05) is 60.1 Å². The second-order valence-electron chi connectivity index (χ2n) is 7.34. The highest BCUT2D eigenvalue weighted by molar-refractivity contribution is 5.97. The van der Waals surface area contributed by atoms with Gasteiger partial charge in [0.2, 0.25) is 0 Å². The minimum absolute atomic E-state index is 0.0240. The van der Waals surface area contributed by atoms with E-state index in [9.17, 15) is 4.79 Å². The molecule has 3 aromatic carbocycles. The third kappa shape index (κ3) is 2.45. The lowest BCUT2D eigenvalue weighted by Crippen LogP contribution is -2.23. The van der Waals surface area contributed by atoms with Gasteiger partial charge in [0.25, 0.3) is 0 Å². The Kier molecular flexibility index (Phi) is 3.79. The molecule has 4 heteroatoms. The lowest BCUT2D eigenvalue weighted by atomic mass is 9.82. The average Bonchev–Trinajstić information content (AvgIpc) is 3.08. The van der Waals surface area contributed by atoms with Crippen LogP contribution >= 0.6 is 0 Å². The number of hydrogen-bond acceptors (Lipinski definition) is 3. The van der Waals surface area contributed by atoms with Gasteiger partial charge in [0, 0.05) is 37.8 Å². The number of Topliss-reactive ketones (excluding diaryl/α,β-unsaturated/α-hetero) is 1. The minimum Gasteiger partial charge on any atom is -0.344 e. The Labute approximate surface area is 164 Å². The van der Waals surface area contributed by atoms with Gasteiger partial charge in [-0.05, 0) is 35.4 Å². The van der Waals surface area contributed by atoms with Crippen LogP contribution in [-0.2, 0) is 7.05 Å². The highest BCUT2D eigenvalue weighted by atomic mass is 16.1. The molecule has 0 atom stereocenters. The number of para-hydroxylation sites is 4. The van der Waals surface area contributed by atoms with E-state index >= 15 is 0 Å². The molecule has 5 rings (SSSR count). The third-order valence-electron chi connectivity index (χ3n) is 5.77. The van der Waals surface area contributed by atoms with Gasteiger partial charge in [-0.2, -0.15) is 0 Å². The van der Waals surface area contributed by atoms with Crippen LogP contribution in [-0.4, -0.2) is 22.4 Å². The predicted molar refractivity (Wildman–Crippen MR) is 112 cm³/mol. The molecule has 0 unspecified atom stereocenters. The van der Waals surface area contributed by atoms with E-state index in [0.717, 1.165) is 22.4 Å². The monoisotopic (exact) mass is 367 g/mol. The standard InChI is InChI=1S/C24H21N3O/c1-26-20-12-6-3-9-16(20)18(17-10-4-7-13-21(17)26)15-23(28)24-25-19-11-5-8-14-22(19)27(24)2/h3-14,18H,15H2,1-2H3. The van der Waals surface area contributed by atoms with Crippen molar-refractivity contribution in [3.05, 3.63) is 89.7 Å². The first-order chi connectivity index (χ1) is 13.6. The normalized spacial score (nSPS) is 13.4. The largest absolute Gasteiger partial charge is 0.344 e. The van der Waals surface area contributed by atoms with Crippen LogP contribution in [0.2, 0.25) is 0 Å². The Balaban J connectivity index is 1.59. The van der Waals surface area contributed by atoms with Crippen molar-refractivity contribution in [3.8, 4) is 0 Å². The number of carbonyl (C=O) groups is 1. The van der Waals surface area contributed by atoms with Crippen LogP contribution in [0.15, 0.2) is 72.8 Å². The summed E-state index contributed by atoms with van der Waals surface area (Å²) in [6, 6.07) is 24.6. The molecule has 0 bridgehead atoms. The zero-order chi connectivity index (χ0) is 19.3. The number of benzene rings is 3. The summed E-state index contributed by atoms with van der Waals surface area (Å²) in [5, 5.41) is 0. The molecule has 28 heavy (non-hydrogen) atoms. The van der Waals surface area contributed by atoms with Crippen molar-refractivity contribution in [2.24, 2.45) is 7.05 Å². The fourth-order valence-electron chi connectivity index (χ4n) is 4.36. The van der Waals surface area contributed by atoms with E-state index < -0.39 is 0 Å². The van der Waals surface area contributed by atoms with Gasteiger partial charge in [-0.1, -0.05) is 48.5 Å². The van der Waals surface area contributed by atoms with Crippen molar-refractivity contribution in [3.63, 3.8) is 0 Å².